The molecule has 0 saturated carbocycles. The fourth-order valence-electron chi connectivity index (χ4n) is 2.17. The molecule has 0 saturated heterocycles. The van der Waals surface area contributed by atoms with Gasteiger partial charge < -0.3 is 9.47 Å². The van der Waals surface area contributed by atoms with Crippen LogP contribution in [0, 0.1) is 5.82 Å². The van der Waals surface area contributed by atoms with Gasteiger partial charge in [0.05, 0.1) is 20.3 Å². The Morgan fingerprint density at radius 1 is 1.10 bits per heavy atom. The third-order valence-corrected chi connectivity index (χ3v) is 3.38. The highest BCUT2D eigenvalue weighted by molar-refractivity contribution is 5.33. The number of hydrogen-bond acceptors (Lipinski definition) is 4. The van der Waals surface area contributed by atoms with Gasteiger partial charge in [-0.1, -0.05) is 18.2 Å². The van der Waals surface area contributed by atoms with E-state index in [1.54, 1.807) is 19.2 Å². The molecule has 4 nitrogen and oxygen atoms in total. The molecule has 0 spiro atoms. The van der Waals surface area contributed by atoms with Gasteiger partial charge in [0.25, 0.3) is 0 Å². The minimum Gasteiger partial charge on any atom is -0.497 e. The first-order chi connectivity index (χ1) is 10.2. The molecule has 0 bridgehead atoms. The highest BCUT2D eigenvalue weighted by atomic mass is 19.1. The largest absolute Gasteiger partial charge is 0.497 e. The van der Waals surface area contributed by atoms with E-state index in [1.165, 1.54) is 13.2 Å². The molecule has 2 aromatic carbocycles. The Kier molecular flexibility index (Phi) is 5.14. The molecule has 0 amide bonds. The molecule has 0 aliphatic carbocycles. The molecule has 0 fully saturated rings. The number of halogens is 1. The molecule has 112 valence electrons. The number of rotatable bonds is 6. The summed E-state index contributed by atoms with van der Waals surface area (Å²) in [5, 5.41) is 0. The molecule has 0 heterocycles. The summed E-state index contributed by atoms with van der Waals surface area (Å²) in [7, 11) is 3.06. The molecular formula is C16H19FN2O2. The fraction of sp³-hybridized carbons (Fsp3) is 0.250. The van der Waals surface area contributed by atoms with Crippen molar-refractivity contribution in [3.8, 4) is 11.5 Å². The lowest BCUT2D eigenvalue weighted by atomic mass is 9.99. The van der Waals surface area contributed by atoms with E-state index in [-0.39, 0.29) is 11.8 Å². The molecule has 0 radical (unpaired) electrons. The number of hydrazine groups is 1. The smallest absolute Gasteiger partial charge is 0.165 e. The minimum absolute atomic E-state index is 0.182. The molecule has 0 aliphatic heterocycles. The maximum Gasteiger partial charge on any atom is 0.165 e. The number of nitrogens with two attached hydrogens (primary N) is 1. The van der Waals surface area contributed by atoms with Crippen molar-refractivity contribution < 1.29 is 13.9 Å². The van der Waals surface area contributed by atoms with Crippen LogP contribution in [0.3, 0.4) is 0 Å². The predicted molar refractivity (Wildman–Crippen MR) is 79.7 cm³/mol. The van der Waals surface area contributed by atoms with Gasteiger partial charge in [-0.2, -0.15) is 0 Å². The highest BCUT2D eigenvalue weighted by Crippen LogP contribution is 2.24. The first-order valence-electron chi connectivity index (χ1n) is 6.60. The summed E-state index contributed by atoms with van der Waals surface area (Å²) < 4.78 is 23.8. The zero-order valence-corrected chi connectivity index (χ0v) is 12.1. The second-order valence-corrected chi connectivity index (χ2v) is 4.67. The monoisotopic (exact) mass is 290 g/mol. The van der Waals surface area contributed by atoms with E-state index in [0.717, 1.165) is 16.9 Å². The molecule has 2 aromatic rings. The van der Waals surface area contributed by atoms with Gasteiger partial charge in [-0.3, -0.25) is 11.3 Å². The second kappa shape index (κ2) is 7.06. The molecule has 3 N–H and O–H groups in total. The van der Waals surface area contributed by atoms with Crippen LogP contribution in [-0.2, 0) is 6.42 Å². The van der Waals surface area contributed by atoms with Gasteiger partial charge in [0.2, 0.25) is 0 Å². The van der Waals surface area contributed by atoms with Crippen LogP contribution in [0.15, 0.2) is 42.5 Å². The van der Waals surface area contributed by atoms with Gasteiger partial charge in [-0.25, -0.2) is 4.39 Å². The highest BCUT2D eigenvalue weighted by Gasteiger charge is 2.13. The van der Waals surface area contributed by atoms with Crippen LogP contribution in [0.4, 0.5) is 4.39 Å². The summed E-state index contributed by atoms with van der Waals surface area (Å²) in [6, 6.07) is 12.4. The fourth-order valence-corrected chi connectivity index (χ4v) is 2.17. The topological polar surface area (TPSA) is 56.5 Å². The minimum atomic E-state index is -0.398. The number of methoxy groups -OCH3 is 2. The van der Waals surface area contributed by atoms with E-state index in [1.807, 2.05) is 24.3 Å². The SMILES string of the molecule is COc1ccc(CC(NN)c2ccc(OC)c(F)c2)cc1. The average molecular weight is 290 g/mol. The summed E-state index contributed by atoms with van der Waals surface area (Å²) in [4.78, 5) is 0. The van der Waals surface area contributed by atoms with E-state index in [9.17, 15) is 4.39 Å². The lowest BCUT2D eigenvalue weighted by molar-refractivity contribution is 0.385. The van der Waals surface area contributed by atoms with Gasteiger partial charge in [-0.05, 0) is 41.8 Å². The van der Waals surface area contributed by atoms with Crippen molar-refractivity contribution in [1.82, 2.24) is 5.43 Å². The number of hydrogen-bond donors (Lipinski definition) is 2. The molecular weight excluding hydrogens is 271 g/mol. The predicted octanol–water partition coefficient (Wildman–Crippen LogP) is 2.59. The Labute approximate surface area is 123 Å². The lowest BCUT2D eigenvalue weighted by Crippen LogP contribution is -2.29. The Balaban J connectivity index is 2.16. The van der Waals surface area contributed by atoms with Crippen LogP contribution >= 0.6 is 0 Å². The van der Waals surface area contributed by atoms with E-state index in [0.29, 0.717) is 6.42 Å². The third-order valence-electron chi connectivity index (χ3n) is 3.38. The number of benzene rings is 2. The molecule has 0 aromatic heterocycles. The van der Waals surface area contributed by atoms with Crippen molar-refractivity contribution in [3.63, 3.8) is 0 Å². The number of nitrogens with one attached hydrogen (secondary N) is 1. The van der Waals surface area contributed by atoms with Crippen molar-refractivity contribution in [1.29, 1.82) is 0 Å². The first-order valence-corrected chi connectivity index (χ1v) is 6.60. The van der Waals surface area contributed by atoms with Gasteiger partial charge in [-0.15, -0.1) is 0 Å². The number of ether oxygens (including phenoxy) is 2. The van der Waals surface area contributed by atoms with Crippen molar-refractivity contribution in [2.24, 2.45) is 5.84 Å². The van der Waals surface area contributed by atoms with Crippen LogP contribution < -0.4 is 20.7 Å². The molecule has 5 heteroatoms. The Bertz CT molecular complexity index is 587. The van der Waals surface area contributed by atoms with Gasteiger partial charge in [0.1, 0.15) is 5.75 Å². The van der Waals surface area contributed by atoms with E-state index < -0.39 is 5.82 Å². The summed E-state index contributed by atoms with van der Waals surface area (Å²) in [5.74, 6) is 6.22. The molecule has 21 heavy (non-hydrogen) atoms. The Morgan fingerprint density at radius 3 is 2.33 bits per heavy atom. The average Bonchev–Trinajstić information content (AvgIpc) is 2.53. The summed E-state index contributed by atoms with van der Waals surface area (Å²) in [5.41, 5.74) is 4.57. The molecule has 0 aliphatic rings. The second-order valence-electron chi connectivity index (χ2n) is 4.67. The Hall–Kier alpha value is -2.11. The van der Waals surface area contributed by atoms with E-state index in [2.05, 4.69) is 5.43 Å². The Morgan fingerprint density at radius 2 is 1.81 bits per heavy atom. The maximum absolute atomic E-state index is 13.8. The van der Waals surface area contributed by atoms with Gasteiger partial charge >= 0.3 is 0 Å². The zero-order valence-electron chi connectivity index (χ0n) is 12.1. The van der Waals surface area contributed by atoms with Crippen LogP contribution in [0.5, 0.6) is 11.5 Å². The zero-order chi connectivity index (χ0) is 15.2. The summed E-state index contributed by atoms with van der Waals surface area (Å²) in [6.45, 7) is 0. The van der Waals surface area contributed by atoms with E-state index in [4.69, 9.17) is 15.3 Å². The standard InChI is InChI=1S/C16H19FN2O2/c1-20-13-6-3-11(4-7-13)9-15(19-18)12-5-8-16(21-2)14(17)10-12/h3-8,10,15,19H,9,18H2,1-2H3. The first kappa shape index (κ1) is 15.3. The van der Waals surface area contributed by atoms with Crippen molar-refractivity contribution >= 4 is 0 Å². The van der Waals surface area contributed by atoms with Gasteiger partial charge in [0, 0.05) is 0 Å². The normalized spacial score (nSPS) is 12.0. The molecule has 1 unspecified atom stereocenters. The van der Waals surface area contributed by atoms with Crippen LogP contribution in [-0.4, -0.2) is 14.2 Å². The third kappa shape index (κ3) is 3.71. The lowest BCUT2D eigenvalue weighted by Gasteiger charge is -2.17. The van der Waals surface area contributed by atoms with Gasteiger partial charge in [0.15, 0.2) is 11.6 Å². The van der Waals surface area contributed by atoms with Crippen LogP contribution in [0.25, 0.3) is 0 Å². The van der Waals surface area contributed by atoms with Crippen LogP contribution in [0.2, 0.25) is 0 Å². The summed E-state index contributed by atoms with van der Waals surface area (Å²) >= 11 is 0. The maximum atomic E-state index is 13.8. The molecule has 1 atom stereocenters. The van der Waals surface area contributed by atoms with E-state index >= 15 is 0 Å². The molecule has 2 rings (SSSR count). The van der Waals surface area contributed by atoms with Crippen molar-refractivity contribution in [2.45, 2.75) is 12.5 Å². The quantitative estimate of drug-likeness (QED) is 0.634. The van der Waals surface area contributed by atoms with Crippen molar-refractivity contribution in [2.75, 3.05) is 14.2 Å². The van der Waals surface area contributed by atoms with Crippen LogP contribution in [0.1, 0.15) is 17.2 Å². The van der Waals surface area contributed by atoms with Crippen molar-refractivity contribution in [3.05, 3.63) is 59.4 Å². The summed E-state index contributed by atoms with van der Waals surface area (Å²) in [6.07, 6.45) is 0.645.